The first-order valence-electron chi connectivity index (χ1n) is 4.85. The van der Waals surface area contributed by atoms with Crippen LogP contribution in [0.4, 0.5) is 0 Å². The summed E-state index contributed by atoms with van der Waals surface area (Å²) in [6, 6.07) is 2.15. The van der Waals surface area contributed by atoms with Crippen LogP contribution < -0.4 is 5.32 Å². The first-order valence-corrected chi connectivity index (χ1v) is 7.61. The van der Waals surface area contributed by atoms with Gasteiger partial charge in [-0.3, -0.25) is 4.68 Å². The molecule has 2 heterocycles. The average Bonchev–Trinajstić information content (AvgIpc) is 2.83. The summed E-state index contributed by atoms with van der Waals surface area (Å²) in [5.74, 6) is 0. The van der Waals surface area contributed by atoms with E-state index in [0.29, 0.717) is 0 Å². The van der Waals surface area contributed by atoms with Gasteiger partial charge in [-0.15, -0.1) is 11.3 Å². The van der Waals surface area contributed by atoms with Crippen molar-refractivity contribution in [1.82, 2.24) is 15.1 Å². The van der Waals surface area contributed by atoms with Gasteiger partial charge in [0.25, 0.3) is 0 Å². The predicted molar refractivity (Wildman–Crippen MR) is 78.7 cm³/mol. The molecule has 2 rings (SSSR count). The Hall–Kier alpha value is 0.0800. The van der Waals surface area contributed by atoms with Crippen molar-refractivity contribution in [1.29, 1.82) is 0 Å². The summed E-state index contributed by atoms with van der Waals surface area (Å²) in [6.07, 6.45) is 3.92. The minimum absolute atomic E-state index is 0.912. The SMILES string of the molecule is Brc1csc(CNCCn2cc(I)cn2)c1. The van der Waals surface area contributed by atoms with E-state index in [9.17, 15) is 0 Å². The zero-order valence-electron chi connectivity index (χ0n) is 8.49. The summed E-state index contributed by atoms with van der Waals surface area (Å²) in [7, 11) is 0. The summed E-state index contributed by atoms with van der Waals surface area (Å²) < 4.78 is 4.30. The van der Waals surface area contributed by atoms with Crippen molar-refractivity contribution >= 4 is 49.9 Å². The van der Waals surface area contributed by atoms with Crippen molar-refractivity contribution in [2.24, 2.45) is 0 Å². The van der Waals surface area contributed by atoms with Crippen molar-refractivity contribution in [3.63, 3.8) is 0 Å². The van der Waals surface area contributed by atoms with Crippen LogP contribution in [0.5, 0.6) is 0 Å². The van der Waals surface area contributed by atoms with Gasteiger partial charge in [0, 0.05) is 34.0 Å². The monoisotopic (exact) mass is 411 g/mol. The molecule has 0 atom stereocenters. The highest BCUT2D eigenvalue weighted by Crippen LogP contribution is 2.19. The van der Waals surface area contributed by atoms with Gasteiger partial charge in [-0.25, -0.2) is 0 Å². The lowest BCUT2D eigenvalue weighted by atomic mass is 10.4. The largest absolute Gasteiger partial charge is 0.310 e. The van der Waals surface area contributed by atoms with Crippen LogP contribution in [0.25, 0.3) is 0 Å². The molecule has 0 aliphatic heterocycles. The highest BCUT2D eigenvalue weighted by molar-refractivity contribution is 14.1. The van der Waals surface area contributed by atoms with E-state index in [1.807, 2.05) is 17.1 Å². The molecular weight excluding hydrogens is 401 g/mol. The van der Waals surface area contributed by atoms with Crippen molar-refractivity contribution in [2.75, 3.05) is 6.54 Å². The summed E-state index contributed by atoms with van der Waals surface area (Å²) in [5, 5.41) is 9.73. The van der Waals surface area contributed by atoms with Crippen molar-refractivity contribution in [2.45, 2.75) is 13.1 Å². The number of rotatable bonds is 5. The van der Waals surface area contributed by atoms with Crippen LogP contribution in [0.15, 0.2) is 28.3 Å². The molecule has 6 heteroatoms. The zero-order valence-corrected chi connectivity index (χ0v) is 13.0. The highest BCUT2D eigenvalue weighted by atomic mass is 127. The molecule has 0 aliphatic rings. The van der Waals surface area contributed by atoms with Gasteiger partial charge in [-0.05, 0) is 44.6 Å². The van der Waals surface area contributed by atoms with Crippen LogP contribution in [-0.2, 0) is 13.1 Å². The molecule has 0 saturated carbocycles. The Bertz CT molecular complexity index is 412. The van der Waals surface area contributed by atoms with Crippen LogP contribution >= 0.6 is 49.9 Å². The Morgan fingerprint density at radius 1 is 1.56 bits per heavy atom. The Labute approximate surface area is 121 Å². The summed E-state index contributed by atoms with van der Waals surface area (Å²) in [5.41, 5.74) is 0. The zero-order chi connectivity index (χ0) is 11.4. The molecule has 0 radical (unpaired) electrons. The second-order valence-electron chi connectivity index (χ2n) is 3.33. The van der Waals surface area contributed by atoms with Crippen molar-refractivity contribution < 1.29 is 0 Å². The molecule has 0 spiro atoms. The third-order valence-corrected chi connectivity index (χ3v) is 4.30. The number of thiophene rings is 1. The van der Waals surface area contributed by atoms with Crippen LogP contribution in [0.3, 0.4) is 0 Å². The molecule has 0 bridgehead atoms. The van der Waals surface area contributed by atoms with Gasteiger partial charge in [0.15, 0.2) is 0 Å². The lowest BCUT2D eigenvalue weighted by molar-refractivity contribution is 0.556. The smallest absolute Gasteiger partial charge is 0.0623 e. The third-order valence-electron chi connectivity index (χ3n) is 2.04. The van der Waals surface area contributed by atoms with Gasteiger partial charge < -0.3 is 5.32 Å². The maximum Gasteiger partial charge on any atom is 0.0623 e. The van der Waals surface area contributed by atoms with E-state index >= 15 is 0 Å². The van der Waals surface area contributed by atoms with E-state index in [-0.39, 0.29) is 0 Å². The average molecular weight is 412 g/mol. The second-order valence-corrected chi connectivity index (χ2v) is 6.49. The second kappa shape index (κ2) is 6.13. The molecule has 0 amide bonds. The van der Waals surface area contributed by atoms with Gasteiger partial charge in [-0.1, -0.05) is 0 Å². The minimum atomic E-state index is 0.912. The third kappa shape index (κ3) is 3.83. The Morgan fingerprint density at radius 3 is 3.06 bits per heavy atom. The van der Waals surface area contributed by atoms with E-state index in [2.05, 4.69) is 60.4 Å². The molecule has 2 aromatic heterocycles. The van der Waals surface area contributed by atoms with Gasteiger partial charge in [0.1, 0.15) is 0 Å². The Kier molecular flexibility index (Phi) is 4.80. The van der Waals surface area contributed by atoms with E-state index in [4.69, 9.17) is 0 Å². The van der Waals surface area contributed by atoms with Gasteiger partial charge in [0.2, 0.25) is 0 Å². The van der Waals surface area contributed by atoms with Crippen LogP contribution in [0.2, 0.25) is 0 Å². The highest BCUT2D eigenvalue weighted by Gasteiger charge is 1.97. The number of halogens is 2. The summed E-state index contributed by atoms with van der Waals surface area (Å²) in [6.45, 7) is 2.78. The van der Waals surface area contributed by atoms with E-state index in [1.54, 1.807) is 11.3 Å². The van der Waals surface area contributed by atoms with Gasteiger partial charge in [-0.2, -0.15) is 5.10 Å². The lowest BCUT2D eigenvalue weighted by Crippen LogP contribution is -2.19. The maximum absolute atomic E-state index is 4.23. The quantitative estimate of drug-likeness (QED) is 0.605. The number of nitrogens with one attached hydrogen (secondary N) is 1. The van der Waals surface area contributed by atoms with Crippen molar-refractivity contribution in [3.8, 4) is 0 Å². The minimum Gasteiger partial charge on any atom is -0.310 e. The topological polar surface area (TPSA) is 29.9 Å². The molecule has 0 unspecified atom stereocenters. The molecule has 0 aliphatic carbocycles. The van der Waals surface area contributed by atoms with E-state index in [1.165, 1.54) is 8.45 Å². The number of nitrogens with zero attached hydrogens (tertiary/aromatic N) is 2. The fourth-order valence-corrected chi connectivity index (χ4v) is 3.18. The molecule has 2 aromatic rings. The first-order chi connectivity index (χ1) is 7.74. The van der Waals surface area contributed by atoms with E-state index < -0.39 is 0 Å². The Balaban J connectivity index is 1.69. The van der Waals surface area contributed by atoms with Crippen LogP contribution in [0.1, 0.15) is 4.88 Å². The lowest BCUT2D eigenvalue weighted by Gasteiger charge is -2.03. The van der Waals surface area contributed by atoms with Crippen LogP contribution in [0, 0.1) is 3.57 Å². The molecular formula is C10H11BrIN3S. The number of hydrogen-bond acceptors (Lipinski definition) is 3. The number of aromatic nitrogens is 2. The summed E-state index contributed by atoms with van der Waals surface area (Å²) >= 11 is 7.48. The molecule has 16 heavy (non-hydrogen) atoms. The molecule has 86 valence electrons. The Morgan fingerprint density at radius 2 is 2.44 bits per heavy atom. The molecule has 0 saturated heterocycles. The van der Waals surface area contributed by atoms with Crippen LogP contribution in [-0.4, -0.2) is 16.3 Å². The summed E-state index contributed by atoms with van der Waals surface area (Å²) in [4.78, 5) is 1.35. The fraction of sp³-hybridized carbons (Fsp3) is 0.300. The van der Waals surface area contributed by atoms with E-state index in [0.717, 1.165) is 24.1 Å². The van der Waals surface area contributed by atoms with Gasteiger partial charge in [0.05, 0.1) is 16.3 Å². The molecule has 1 N–H and O–H groups in total. The number of hydrogen-bond donors (Lipinski definition) is 1. The standard InChI is InChI=1S/C10H11BrIN3S/c11-8-3-10(16-7-8)5-13-1-2-15-6-9(12)4-14-15/h3-4,6-7,13H,1-2,5H2. The van der Waals surface area contributed by atoms with Gasteiger partial charge >= 0.3 is 0 Å². The molecule has 0 fully saturated rings. The maximum atomic E-state index is 4.23. The van der Waals surface area contributed by atoms with Crippen molar-refractivity contribution in [3.05, 3.63) is 36.8 Å². The predicted octanol–water partition coefficient (Wildman–Crippen LogP) is 3.10. The normalized spacial score (nSPS) is 10.9. The fourth-order valence-electron chi connectivity index (χ4n) is 1.31. The molecule has 3 nitrogen and oxygen atoms in total. The first kappa shape index (κ1) is 12.5. The molecule has 0 aromatic carbocycles.